The molecule has 15 heavy (non-hydrogen) atoms. The summed E-state index contributed by atoms with van der Waals surface area (Å²) in [6.07, 6.45) is 0.388. The molecule has 0 N–H and O–H groups in total. The topological polar surface area (TPSA) is 38.8 Å². The highest BCUT2D eigenvalue weighted by Gasteiger charge is 2.23. The first kappa shape index (κ1) is 9.76. The minimum Gasteiger partial charge on any atom is -0.305 e. The summed E-state index contributed by atoms with van der Waals surface area (Å²) in [6.45, 7) is 1.33. The molecule has 4 nitrogen and oxygen atoms in total. The normalized spacial score (nSPS) is 14.3. The molecule has 1 amide bonds. The van der Waals surface area contributed by atoms with Crippen LogP contribution in [0, 0.1) is 5.82 Å². The summed E-state index contributed by atoms with van der Waals surface area (Å²) in [5.41, 5.74) is 0. The molecular weight excluding hydrogens is 201 g/mol. The molecule has 1 heterocycles. The zero-order valence-corrected chi connectivity index (χ0v) is 7.98. The van der Waals surface area contributed by atoms with Crippen LogP contribution in [-0.2, 0) is 4.89 Å². The van der Waals surface area contributed by atoms with E-state index in [9.17, 15) is 9.18 Å². The van der Waals surface area contributed by atoms with Crippen LogP contribution in [0.25, 0.3) is 0 Å². The molecular formula is C10H10FNO3. The summed E-state index contributed by atoms with van der Waals surface area (Å²) >= 11 is 0. The second kappa shape index (κ2) is 4.16. The number of nitrogens with zero attached hydrogens (tertiary/aromatic N) is 1. The molecule has 1 aromatic carbocycles. The Kier molecular flexibility index (Phi) is 2.71. The third kappa shape index (κ3) is 2.18. The van der Waals surface area contributed by atoms with Crippen LogP contribution in [0.1, 0.15) is 6.42 Å². The zero-order chi connectivity index (χ0) is 10.7. The lowest BCUT2D eigenvalue weighted by atomic mass is 10.2. The predicted molar refractivity (Wildman–Crippen MR) is 49.7 cm³/mol. The number of hydrogen-bond acceptors (Lipinski definition) is 3. The minimum atomic E-state index is -0.579. The number of halogens is 1. The van der Waals surface area contributed by atoms with Gasteiger partial charge in [-0.15, -0.1) is 0 Å². The Hall–Kier alpha value is -1.78. The molecule has 1 saturated heterocycles. The second-order valence-corrected chi connectivity index (χ2v) is 3.20. The number of benzene rings is 1. The van der Waals surface area contributed by atoms with Crippen molar-refractivity contribution in [2.75, 3.05) is 13.1 Å². The van der Waals surface area contributed by atoms with Crippen molar-refractivity contribution in [3.8, 4) is 5.75 Å². The highest BCUT2D eigenvalue weighted by atomic mass is 19.1. The molecule has 0 aliphatic carbocycles. The van der Waals surface area contributed by atoms with Crippen molar-refractivity contribution in [2.45, 2.75) is 6.42 Å². The Morgan fingerprint density at radius 2 is 2.07 bits per heavy atom. The molecule has 0 radical (unpaired) electrons. The number of likely N-dealkylation sites (tertiary alicyclic amines) is 1. The van der Waals surface area contributed by atoms with Crippen LogP contribution >= 0.6 is 0 Å². The van der Waals surface area contributed by atoms with Crippen LogP contribution in [-0.4, -0.2) is 24.1 Å². The highest BCUT2D eigenvalue weighted by Crippen LogP contribution is 2.16. The number of para-hydroxylation sites is 1. The van der Waals surface area contributed by atoms with E-state index in [4.69, 9.17) is 0 Å². The van der Waals surface area contributed by atoms with E-state index in [1.54, 1.807) is 6.07 Å². The molecule has 1 aromatic rings. The summed E-state index contributed by atoms with van der Waals surface area (Å²) in [5, 5.41) is 0. The van der Waals surface area contributed by atoms with Crippen LogP contribution < -0.4 is 4.89 Å². The minimum absolute atomic E-state index is 0.0913. The Morgan fingerprint density at radius 3 is 2.67 bits per heavy atom. The Bertz CT molecular complexity index is 365. The van der Waals surface area contributed by atoms with Crippen LogP contribution in [0.15, 0.2) is 24.3 Å². The van der Waals surface area contributed by atoms with Gasteiger partial charge >= 0.3 is 6.09 Å². The maximum Gasteiger partial charge on any atom is 0.452 e. The molecule has 0 spiro atoms. The monoisotopic (exact) mass is 211 g/mol. The average molecular weight is 211 g/mol. The van der Waals surface area contributed by atoms with Gasteiger partial charge in [-0.05, 0) is 18.6 Å². The first-order valence-electron chi connectivity index (χ1n) is 4.65. The smallest absolute Gasteiger partial charge is 0.305 e. The molecule has 0 saturated carbocycles. The van der Waals surface area contributed by atoms with E-state index in [2.05, 4.69) is 9.78 Å². The lowest BCUT2D eigenvalue weighted by Crippen LogP contribution is -2.42. The maximum absolute atomic E-state index is 13.0. The highest BCUT2D eigenvalue weighted by molar-refractivity contribution is 5.67. The van der Waals surface area contributed by atoms with Crippen molar-refractivity contribution < 1.29 is 19.0 Å². The standard InChI is InChI=1S/C10H10FNO3/c11-8-4-1-2-5-9(8)14-15-10(13)12-6-3-7-12/h1-2,4-5H,3,6-7H2. The molecule has 2 rings (SSSR count). The SMILES string of the molecule is O=C(OOc1ccccc1F)N1CCC1. The van der Waals surface area contributed by atoms with Crippen LogP contribution in [0.4, 0.5) is 9.18 Å². The fourth-order valence-corrected chi connectivity index (χ4v) is 1.14. The Balaban J connectivity index is 1.87. The number of carbonyl (C=O) groups is 1. The molecule has 0 atom stereocenters. The fraction of sp³-hybridized carbons (Fsp3) is 0.300. The summed E-state index contributed by atoms with van der Waals surface area (Å²) < 4.78 is 13.0. The molecule has 80 valence electrons. The second-order valence-electron chi connectivity index (χ2n) is 3.20. The van der Waals surface area contributed by atoms with Crippen molar-refractivity contribution in [3.05, 3.63) is 30.1 Å². The van der Waals surface area contributed by atoms with E-state index >= 15 is 0 Å². The molecule has 0 aromatic heterocycles. The van der Waals surface area contributed by atoms with Crippen molar-refractivity contribution in [1.82, 2.24) is 4.90 Å². The average Bonchev–Trinajstić information content (AvgIpc) is 2.14. The van der Waals surface area contributed by atoms with Gasteiger partial charge in [0.2, 0.25) is 5.75 Å². The van der Waals surface area contributed by atoms with E-state index < -0.39 is 11.9 Å². The van der Waals surface area contributed by atoms with Gasteiger partial charge in [-0.3, -0.25) is 4.89 Å². The zero-order valence-electron chi connectivity index (χ0n) is 7.98. The third-order valence-corrected chi connectivity index (χ3v) is 2.15. The van der Waals surface area contributed by atoms with Crippen molar-refractivity contribution in [2.24, 2.45) is 0 Å². The number of carbonyl (C=O) groups excluding carboxylic acids is 1. The molecule has 0 bridgehead atoms. The van der Waals surface area contributed by atoms with Gasteiger partial charge in [0.05, 0.1) is 0 Å². The largest absolute Gasteiger partial charge is 0.452 e. The molecule has 5 heteroatoms. The third-order valence-electron chi connectivity index (χ3n) is 2.15. The molecule has 0 unspecified atom stereocenters. The molecule has 1 aliphatic rings. The quantitative estimate of drug-likeness (QED) is 0.554. The van der Waals surface area contributed by atoms with E-state index in [1.807, 2.05) is 0 Å². The maximum atomic E-state index is 13.0. The first-order valence-corrected chi connectivity index (χ1v) is 4.65. The van der Waals surface area contributed by atoms with Crippen LogP contribution in [0.5, 0.6) is 5.75 Å². The van der Waals surface area contributed by atoms with Crippen LogP contribution in [0.2, 0.25) is 0 Å². The van der Waals surface area contributed by atoms with E-state index in [0.29, 0.717) is 13.1 Å². The van der Waals surface area contributed by atoms with Crippen molar-refractivity contribution in [3.63, 3.8) is 0 Å². The first-order chi connectivity index (χ1) is 7.27. The van der Waals surface area contributed by atoms with Gasteiger partial charge in [-0.1, -0.05) is 12.1 Å². The lowest BCUT2D eigenvalue weighted by molar-refractivity contribution is -0.159. The molecule has 1 fully saturated rings. The van der Waals surface area contributed by atoms with E-state index in [-0.39, 0.29) is 5.75 Å². The number of rotatable bonds is 2. The molecule has 1 aliphatic heterocycles. The van der Waals surface area contributed by atoms with E-state index in [1.165, 1.54) is 23.1 Å². The summed E-state index contributed by atoms with van der Waals surface area (Å²) in [6, 6.07) is 5.74. The summed E-state index contributed by atoms with van der Waals surface area (Å²) in [7, 11) is 0. The van der Waals surface area contributed by atoms with E-state index in [0.717, 1.165) is 6.42 Å². The number of hydrogen-bond donors (Lipinski definition) is 0. The van der Waals surface area contributed by atoms with Gasteiger partial charge in [0.15, 0.2) is 5.82 Å². The van der Waals surface area contributed by atoms with Gasteiger partial charge in [-0.2, -0.15) is 0 Å². The van der Waals surface area contributed by atoms with Gasteiger partial charge in [0, 0.05) is 13.1 Å². The summed E-state index contributed by atoms with van der Waals surface area (Å²) in [4.78, 5) is 21.7. The van der Waals surface area contributed by atoms with Crippen LogP contribution in [0.3, 0.4) is 0 Å². The lowest BCUT2D eigenvalue weighted by Gasteiger charge is -2.28. The summed E-state index contributed by atoms with van der Waals surface area (Å²) in [5.74, 6) is -0.653. The Morgan fingerprint density at radius 1 is 1.33 bits per heavy atom. The van der Waals surface area contributed by atoms with Gasteiger partial charge in [-0.25, -0.2) is 14.1 Å². The van der Waals surface area contributed by atoms with Gasteiger partial charge in [0.1, 0.15) is 0 Å². The van der Waals surface area contributed by atoms with Gasteiger partial charge in [0.25, 0.3) is 0 Å². The van der Waals surface area contributed by atoms with Crippen molar-refractivity contribution >= 4 is 6.09 Å². The fourth-order valence-electron chi connectivity index (χ4n) is 1.14. The van der Waals surface area contributed by atoms with Gasteiger partial charge < -0.3 is 4.90 Å². The number of amides is 1. The predicted octanol–water partition coefficient (Wildman–Crippen LogP) is 1.96. The Labute approximate surface area is 86.1 Å². The van der Waals surface area contributed by atoms with Crippen molar-refractivity contribution in [1.29, 1.82) is 0 Å².